The third-order valence-electron chi connectivity index (χ3n) is 2.45. The van der Waals surface area contributed by atoms with E-state index < -0.39 is 0 Å². The number of nitrogens with one attached hydrogen (secondary N) is 1. The molecule has 7 heteroatoms. The van der Waals surface area contributed by atoms with Gasteiger partial charge < -0.3 is 10.5 Å². The van der Waals surface area contributed by atoms with Crippen LogP contribution in [0.5, 0.6) is 0 Å². The van der Waals surface area contributed by atoms with E-state index in [1.807, 2.05) is 24.3 Å². The van der Waals surface area contributed by atoms with E-state index in [0.29, 0.717) is 10.9 Å². The molecule has 1 heterocycles. The van der Waals surface area contributed by atoms with Crippen LogP contribution in [0.3, 0.4) is 0 Å². The molecule has 0 unspecified atom stereocenters. The van der Waals surface area contributed by atoms with Gasteiger partial charge in [-0.2, -0.15) is 5.10 Å². The summed E-state index contributed by atoms with van der Waals surface area (Å²) in [7, 11) is 1.34. The molecule has 0 saturated carbocycles. The number of methoxy groups -OCH3 is 1. The zero-order valence-corrected chi connectivity index (χ0v) is 12.1. The Labute approximate surface area is 126 Å². The molecule has 0 radical (unpaired) electrons. The second-order valence-electron chi connectivity index (χ2n) is 3.97. The maximum Gasteiger partial charge on any atom is 0.330 e. The zero-order chi connectivity index (χ0) is 15.1. The minimum absolute atomic E-state index is 0.382. The highest BCUT2D eigenvalue weighted by Crippen LogP contribution is 2.16. The Morgan fingerprint density at radius 1 is 1.38 bits per heavy atom. The number of aromatic nitrogens is 1. The number of hydrogen-bond donors (Lipinski definition) is 2. The summed E-state index contributed by atoms with van der Waals surface area (Å²) in [5.41, 5.74) is 10.1. The minimum Gasteiger partial charge on any atom is -0.466 e. The van der Waals surface area contributed by atoms with E-state index in [2.05, 4.69) is 20.2 Å². The molecule has 1 aromatic carbocycles. The lowest BCUT2D eigenvalue weighted by atomic mass is 10.1. The van der Waals surface area contributed by atoms with Crippen molar-refractivity contribution in [1.29, 1.82) is 0 Å². The molecule has 2 aromatic rings. The fourth-order valence-corrected chi connectivity index (χ4v) is 1.97. The first-order chi connectivity index (χ1) is 10.2. The van der Waals surface area contributed by atoms with E-state index in [9.17, 15) is 4.79 Å². The highest BCUT2D eigenvalue weighted by molar-refractivity contribution is 7.14. The SMILES string of the molecule is COC(=O)C=Cc1ccc(C=NNc2nc(N)cs2)cc1. The molecule has 0 fully saturated rings. The molecule has 2 rings (SSSR count). The maximum atomic E-state index is 11.0. The third kappa shape index (κ3) is 4.73. The molecular formula is C14H14N4O2S. The van der Waals surface area contributed by atoms with Crippen LogP contribution in [0.4, 0.5) is 10.9 Å². The Balaban J connectivity index is 1.92. The Bertz CT molecular complexity index is 662. The van der Waals surface area contributed by atoms with Gasteiger partial charge in [0, 0.05) is 11.5 Å². The first-order valence-electron chi connectivity index (χ1n) is 6.03. The van der Waals surface area contributed by atoms with Gasteiger partial charge in [-0.05, 0) is 17.2 Å². The lowest BCUT2D eigenvalue weighted by molar-refractivity contribution is -0.134. The van der Waals surface area contributed by atoms with Crippen LogP contribution in [0.25, 0.3) is 6.08 Å². The molecule has 108 valence electrons. The van der Waals surface area contributed by atoms with Gasteiger partial charge in [-0.25, -0.2) is 9.78 Å². The largest absolute Gasteiger partial charge is 0.466 e. The van der Waals surface area contributed by atoms with Gasteiger partial charge in [0.2, 0.25) is 5.13 Å². The fraction of sp³-hybridized carbons (Fsp3) is 0.0714. The molecule has 0 aliphatic carbocycles. The summed E-state index contributed by atoms with van der Waals surface area (Å²) in [6.45, 7) is 0. The smallest absolute Gasteiger partial charge is 0.330 e. The highest BCUT2D eigenvalue weighted by atomic mass is 32.1. The number of nitrogens with zero attached hydrogens (tertiary/aromatic N) is 2. The predicted molar refractivity (Wildman–Crippen MR) is 85.2 cm³/mol. The van der Waals surface area contributed by atoms with Gasteiger partial charge in [-0.15, -0.1) is 11.3 Å². The van der Waals surface area contributed by atoms with Crippen LogP contribution < -0.4 is 11.2 Å². The first kappa shape index (κ1) is 14.7. The van der Waals surface area contributed by atoms with Gasteiger partial charge in [0.25, 0.3) is 0 Å². The van der Waals surface area contributed by atoms with Crippen LogP contribution in [-0.4, -0.2) is 24.3 Å². The van der Waals surface area contributed by atoms with Crippen molar-refractivity contribution in [1.82, 2.24) is 4.98 Å². The van der Waals surface area contributed by atoms with E-state index in [1.165, 1.54) is 24.5 Å². The number of anilines is 2. The van der Waals surface area contributed by atoms with E-state index >= 15 is 0 Å². The van der Waals surface area contributed by atoms with Crippen molar-refractivity contribution in [2.45, 2.75) is 0 Å². The van der Waals surface area contributed by atoms with Gasteiger partial charge in [0.1, 0.15) is 5.82 Å². The summed E-state index contributed by atoms with van der Waals surface area (Å²) in [6.07, 6.45) is 4.73. The third-order valence-corrected chi connectivity index (χ3v) is 3.21. The Hall–Kier alpha value is -2.67. The van der Waals surface area contributed by atoms with Crippen molar-refractivity contribution < 1.29 is 9.53 Å². The van der Waals surface area contributed by atoms with Crippen LogP contribution in [0, 0.1) is 0 Å². The van der Waals surface area contributed by atoms with Crippen molar-refractivity contribution in [2.75, 3.05) is 18.3 Å². The van der Waals surface area contributed by atoms with E-state index in [4.69, 9.17) is 5.73 Å². The lowest BCUT2D eigenvalue weighted by Crippen LogP contribution is -1.93. The number of rotatable bonds is 5. The van der Waals surface area contributed by atoms with Gasteiger partial charge in [0.15, 0.2) is 0 Å². The van der Waals surface area contributed by atoms with Crippen molar-refractivity contribution >= 4 is 40.5 Å². The number of carbonyl (C=O) groups excluding carboxylic acids is 1. The lowest BCUT2D eigenvalue weighted by Gasteiger charge is -1.96. The van der Waals surface area contributed by atoms with Crippen LogP contribution in [-0.2, 0) is 9.53 Å². The summed E-state index contributed by atoms with van der Waals surface area (Å²) < 4.78 is 4.52. The van der Waals surface area contributed by atoms with Crippen molar-refractivity contribution in [3.63, 3.8) is 0 Å². The standard InChI is InChI=1S/C14H14N4O2S/c1-20-13(19)7-6-10-2-4-11(5-3-10)8-16-18-14-17-12(15)9-21-14/h2-9H,15H2,1H3,(H,17,18). The number of nitrogens with two attached hydrogens (primary N) is 1. The average molecular weight is 302 g/mol. The van der Waals surface area contributed by atoms with Crippen LogP contribution in [0.2, 0.25) is 0 Å². The molecule has 0 spiro atoms. The Kier molecular flexibility index (Phi) is 5.05. The van der Waals surface area contributed by atoms with Gasteiger partial charge in [-0.3, -0.25) is 5.43 Å². The zero-order valence-electron chi connectivity index (χ0n) is 11.3. The van der Waals surface area contributed by atoms with Gasteiger partial charge in [0.05, 0.1) is 13.3 Å². The van der Waals surface area contributed by atoms with Gasteiger partial charge in [-0.1, -0.05) is 24.3 Å². The number of hydrazone groups is 1. The normalized spacial score (nSPS) is 11.1. The van der Waals surface area contributed by atoms with Crippen molar-refractivity contribution in [3.05, 3.63) is 46.8 Å². The molecule has 1 aromatic heterocycles. The molecule has 0 amide bonds. The van der Waals surface area contributed by atoms with E-state index in [0.717, 1.165) is 11.1 Å². The molecule has 6 nitrogen and oxygen atoms in total. The maximum absolute atomic E-state index is 11.0. The topological polar surface area (TPSA) is 89.6 Å². The second kappa shape index (κ2) is 7.20. The molecule has 0 bridgehead atoms. The number of thiazole rings is 1. The van der Waals surface area contributed by atoms with Crippen molar-refractivity contribution in [3.8, 4) is 0 Å². The summed E-state index contributed by atoms with van der Waals surface area (Å²) in [5, 5.41) is 6.44. The van der Waals surface area contributed by atoms with E-state index in [-0.39, 0.29) is 5.97 Å². The minimum atomic E-state index is -0.382. The number of carbonyl (C=O) groups is 1. The quantitative estimate of drug-likeness (QED) is 0.383. The van der Waals surface area contributed by atoms with Crippen LogP contribution in [0.1, 0.15) is 11.1 Å². The second-order valence-corrected chi connectivity index (χ2v) is 4.83. The molecular weight excluding hydrogens is 288 g/mol. The molecule has 0 aliphatic rings. The van der Waals surface area contributed by atoms with E-state index in [1.54, 1.807) is 17.7 Å². The molecule has 3 N–H and O–H groups in total. The average Bonchev–Trinajstić information content (AvgIpc) is 2.91. The monoisotopic (exact) mass is 302 g/mol. The number of ether oxygens (including phenoxy) is 1. The van der Waals surface area contributed by atoms with Crippen LogP contribution >= 0.6 is 11.3 Å². The number of hydrogen-bond acceptors (Lipinski definition) is 7. The number of benzene rings is 1. The summed E-state index contributed by atoms with van der Waals surface area (Å²) in [6, 6.07) is 7.53. The fourth-order valence-electron chi connectivity index (χ4n) is 1.43. The molecule has 0 atom stereocenters. The highest BCUT2D eigenvalue weighted by Gasteiger charge is 1.95. The summed E-state index contributed by atoms with van der Waals surface area (Å²) in [4.78, 5) is 15.0. The van der Waals surface area contributed by atoms with Crippen LogP contribution in [0.15, 0.2) is 40.8 Å². The molecule has 0 saturated heterocycles. The number of esters is 1. The Morgan fingerprint density at radius 3 is 2.71 bits per heavy atom. The summed E-state index contributed by atoms with van der Waals surface area (Å²) >= 11 is 1.38. The van der Waals surface area contributed by atoms with Crippen molar-refractivity contribution in [2.24, 2.45) is 5.10 Å². The molecule has 0 aliphatic heterocycles. The molecule has 21 heavy (non-hydrogen) atoms. The summed E-state index contributed by atoms with van der Waals surface area (Å²) in [5.74, 6) is 0.0898. The number of nitrogen functional groups attached to an aromatic ring is 1. The Morgan fingerprint density at radius 2 is 2.10 bits per heavy atom. The van der Waals surface area contributed by atoms with Gasteiger partial charge >= 0.3 is 5.97 Å². The first-order valence-corrected chi connectivity index (χ1v) is 6.91. The predicted octanol–water partition coefficient (Wildman–Crippen LogP) is 2.36.